The zero-order valence-electron chi connectivity index (χ0n) is 9.88. The minimum absolute atomic E-state index is 0.232. The maximum atomic E-state index is 13.0. The molecule has 0 aliphatic rings. The summed E-state index contributed by atoms with van der Waals surface area (Å²) in [6, 6.07) is 6.86. The minimum atomic E-state index is -0.380. The van der Waals surface area contributed by atoms with Crippen LogP contribution < -0.4 is 4.74 Å². The van der Waals surface area contributed by atoms with Crippen LogP contribution in [-0.2, 0) is 0 Å². The van der Waals surface area contributed by atoms with Gasteiger partial charge in [0.1, 0.15) is 11.6 Å². The average Bonchev–Trinajstić information content (AvgIpc) is 2.23. The van der Waals surface area contributed by atoms with Gasteiger partial charge >= 0.3 is 0 Å². The first-order valence-corrected chi connectivity index (χ1v) is 5.25. The third-order valence-corrected chi connectivity index (χ3v) is 2.43. The Morgan fingerprint density at radius 3 is 2.69 bits per heavy atom. The van der Waals surface area contributed by atoms with Crippen molar-refractivity contribution in [2.75, 3.05) is 6.61 Å². The SMILES string of the molecule is Cc1cc(OCCC(C)(C)C#N)ccc1F. The monoisotopic (exact) mass is 221 g/mol. The van der Waals surface area contributed by atoms with Crippen molar-refractivity contribution in [1.29, 1.82) is 5.26 Å². The highest BCUT2D eigenvalue weighted by molar-refractivity contribution is 5.28. The van der Waals surface area contributed by atoms with Crippen LogP contribution in [0.3, 0.4) is 0 Å². The van der Waals surface area contributed by atoms with Crippen LogP contribution in [-0.4, -0.2) is 6.61 Å². The first kappa shape index (κ1) is 12.5. The number of benzene rings is 1. The quantitative estimate of drug-likeness (QED) is 0.780. The number of rotatable bonds is 4. The predicted octanol–water partition coefficient (Wildman–Crippen LogP) is 3.45. The van der Waals surface area contributed by atoms with Crippen LogP contribution >= 0.6 is 0 Å². The fourth-order valence-electron chi connectivity index (χ4n) is 1.19. The highest BCUT2D eigenvalue weighted by atomic mass is 19.1. The van der Waals surface area contributed by atoms with Gasteiger partial charge in [-0.25, -0.2) is 4.39 Å². The molecule has 0 N–H and O–H groups in total. The molecule has 0 aliphatic heterocycles. The molecule has 3 heteroatoms. The van der Waals surface area contributed by atoms with Gasteiger partial charge < -0.3 is 4.74 Å². The van der Waals surface area contributed by atoms with Crippen LogP contribution in [0.1, 0.15) is 25.8 Å². The van der Waals surface area contributed by atoms with Crippen LogP contribution in [0.2, 0.25) is 0 Å². The summed E-state index contributed by atoms with van der Waals surface area (Å²) in [5, 5.41) is 8.82. The second-order valence-electron chi connectivity index (χ2n) is 4.51. The third kappa shape index (κ3) is 3.54. The first-order valence-electron chi connectivity index (χ1n) is 5.25. The van der Waals surface area contributed by atoms with E-state index in [1.807, 2.05) is 13.8 Å². The van der Waals surface area contributed by atoms with Crippen LogP contribution in [0.4, 0.5) is 4.39 Å². The smallest absolute Gasteiger partial charge is 0.126 e. The Bertz CT molecular complexity index is 407. The molecule has 0 unspecified atom stereocenters. The molecule has 1 rings (SSSR count). The zero-order valence-corrected chi connectivity index (χ0v) is 9.88. The Morgan fingerprint density at radius 2 is 2.12 bits per heavy atom. The van der Waals surface area contributed by atoms with Crippen LogP contribution in [0.5, 0.6) is 5.75 Å². The van der Waals surface area contributed by atoms with Crippen molar-refractivity contribution in [1.82, 2.24) is 0 Å². The lowest BCUT2D eigenvalue weighted by atomic mass is 9.92. The molecule has 0 fully saturated rings. The van der Waals surface area contributed by atoms with Crippen LogP contribution in [0.15, 0.2) is 18.2 Å². The van der Waals surface area contributed by atoms with E-state index in [-0.39, 0.29) is 11.2 Å². The van der Waals surface area contributed by atoms with E-state index in [2.05, 4.69) is 6.07 Å². The second kappa shape index (κ2) is 4.98. The van der Waals surface area contributed by atoms with E-state index in [0.29, 0.717) is 24.3 Å². The van der Waals surface area contributed by atoms with Crippen molar-refractivity contribution >= 4 is 0 Å². The lowest BCUT2D eigenvalue weighted by Gasteiger charge is -2.15. The van der Waals surface area contributed by atoms with Gasteiger partial charge in [0.25, 0.3) is 0 Å². The van der Waals surface area contributed by atoms with Crippen molar-refractivity contribution in [3.8, 4) is 11.8 Å². The Balaban J connectivity index is 2.50. The van der Waals surface area contributed by atoms with Crippen molar-refractivity contribution in [3.63, 3.8) is 0 Å². The summed E-state index contributed by atoms with van der Waals surface area (Å²) in [4.78, 5) is 0. The molecule has 2 nitrogen and oxygen atoms in total. The van der Waals surface area contributed by atoms with Gasteiger partial charge in [-0.3, -0.25) is 0 Å². The van der Waals surface area contributed by atoms with E-state index in [4.69, 9.17) is 10.00 Å². The van der Waals surface area contributed by atoms with E-state index in [9.17, 15) is 4.39 Å². The molecule has 86 valence electrons. The van der Waals surface area contributed by atoms with Crippen molar-refractivity contribution in [2.24, 2.45) is 5.41 Å². The largest absolute Gasteiger partial charge is 0.494 e. The summed E-state index contributed by atoms with van der Waals surface area (Å²) < 4.78 is 18.4. The Morgan fingerprint density at radius 1 is 1.44 bits per heavy atom. The molecule has 0 bridgehead atoms. The molecule has 0 saturated heterocycles. The highest BCUT2D eigenvalue weighted by Gasteiger charge is 2.16. The summed E-state index contributed by atoms with van der Waals surface area (Å²) in [6.07, 6.45) is 0.653. The summed E-state index contributed by atoms with van der Waals surface area (Å²) >= 11 is 0. The minimum Gasteiger partial charge on any atom is -0.494 e. The molecule has 0 radical (unpaired) electrons. The number of hydrogen-bond donors (Lipinski definition) is 0. The second-order valence-corrected chi connectivity index (χ2v) is 4.51. The van der Waals surface area contributed by atoms with E-state index >= 15 is 0 Å². The Hall–Kier alpha value is -1.56. The molecule has 0 saturated carbocycles. The highest BCUT2D eigenvalue weighted by Crippen LogP contribution is 2.20. The fourth-order valence-corrected chi connectivity index (χ4v) is 1.19. The standard InChI is InChI=1S/C13H16FNO/c1-10-8-11(4-5-12(10)14)16-7-6-13(2,3)9-15/h4-5,8H,6-7H2,1-3H3. The molecule has 0 aromatic heterocycles. The van der Waals surface area contributed by atoms with Gasteiger partial charge in [-0.2, -0.15) is 5.26 Å². The number of aryl methyl sites for hydroxylation is 1. The number of halogens is 1. The van der Waals surface area contributed by atoms with Crippen molar-refractivity contribution in [2.45, 2.75) is 27.2 Å². The van der Waals surface area contributed by atoms with E-state index in [1.165, 1.54) is 6.07 Å². The number of nitrogens with zero attached hydrogens (tertiary/aromatic N) is 1. The molecule has 0 aliphatic carbocycles. The lowest BCUT2D eigenvalue weighted by Crippen LogP contribution is -2.13. The van der Waals surface area contributed by atoms with Gasteiger partial charge in [0.2, 0.25) is 0 Å². The van der Waals surface area contributed by atoms with Crippen LogP contribution in [0, 0.1) is 29.5 Å². The lowest BCUT2D eigenvalue weighted by molar-refractivity contribution is 0.264. The zero-order chi connectivity index (χ0) is 12.2. The molecule has 0 atom stereocenters. The maximum absolute atomic E-state index is 13.0. The van der Waals surface area contributed by atoms with Crippen molar-refractivity contribution < 1.29 is 9.13 Å². The van der Waals surface area contributed by atoms with E-state index < -0.39 is 0 Å². The van der Waals surface area contributed by atoms with Gasteiger partial charge in [0.05, 0.1) is 18.1 Å². The Kier molecular flexibility index (Phi) is 3.89. The number of nitriles is 1. The maximum Gasteiger partial charge on any atom is 0.126 e. The van der Waals surface area contributed by atoms with Gasteiger partial charge in [-0.15, -0.1) is 0 Å². The first-order chi connectivity index (χ1) is 7.44. The van der Waals surface area contributed by atoms with Gasteiger partial charge in [-0.1, -0.05) is 0 Å². The molecular formula is C13H16FNO. The molecule has 1 aromatic rings. The van der Waals surface area contributed by atoms with Gasteiger partial charge in [-0.05, 0) is 51.0 Å². The third-order valence-electron chi connectivity index (χ3n) is 2.43. The Labute approximate surface area is 95.7 Å². The summed E-state index contributed by atoms with van der Waals surface area (Å²) in [7, 11) is 0. The number of hydrogen-bond acceptors (Lipinski definition) is 2. The number of ether oxygens (including phenoxy) is 1. The normalized spacial score (nSPS) is 10.9. The molecule has 0 spiro atoms. The summed E-state index contributed by atoms with van der Waals surface area (Å²) in [6.45, 7) is 5.89. The van der Waals surface area contributed by atoms with Crippen LogP contribution in [0.25, 0.3) is 0 Å². The molecule has 0 heterocycles. The van der Waals surface area contributed by atoms with Crippen molar-refractivity contribution in [3.05, 3.63) is 29.6 Å². The van der Waals surface area contributed by atoms with E-state index in [0.717, 1.165) is 0 Å². The molecule has 16 heavy (non-hydrogen) atoms. The van der Waals surface area contributed by atoms with Gasteiger partial charge in [0, 0.05) is 0 Å². The molecule has 0 amide bonds. The summed E-state index contributed by atoms with van der Waals surface area (Å²) in [5.41, 5.74) is 0.187. The predicted molar refractivity (Wildman–Crippen MR) is 60.6 cm³/mol. The molecule has 1 aromatic carbocycles. The van der Waals surface area contributed by atoms with E-state index in [1.54, 1.807) is 19.1 Å². The van der Waals surface area contributed by atoms with Gasteiger partial charge in [0.15, 0.2) is 0 Å². The fraction of sp³-hybridized carbons (Fsp3) is 0.462. The average molecular weight is 221 g/mol. The molecular weight excluding hydrogens is 205 g/mol. The summed E-state index contributed by atoms with van der Waals surface area (Å²) in [5.74, 6) is 0.414. The topological polar surface area (TPSA) is 33.0 Å².